The van der Waals surface area contributed by atoms with Crippen LogP contribution in [0.2, 0.25) is 0 Å². The summed E-state index contributed by atoms with van der Waals surface area (Å²) in [6, 6.07) is 4.06. The Bertz CT molecular complexity index is 278. The zero-order chi connectivity index (χ0) is 9.68. The molecule has 1 aromatic carbocycles. The van der Waals surface area contributed by atoms with Crippen LogP contribution in [0.3, 0.4) is 0 Å². The van der Waals surface area contributed by atoms with E-state index in [0.29, 0.717) is 11.4 Å². The fraction of sp³-hybridized carbons (Fsp3) is 0.333. The molecule has 0 saturated carbocycles. The summed E-state index contributed by atoms with van der Waals surface area (Å²) in [6.45, 7) is -0.275. The predicted molar refractivity (Wildman–Crippen MR) is 47.4 cm³/mol. The Morgan fingerprint density at radius 3 is 2.85 bits per heavy atom. The third kappa shape index (κ3) is 2.57. The summed E-state index contributed by atoms with van der Waals surface area (Å²) >= 11 is 0. The first-order chi connectivity index (χ1) is 6.27. The molecule has 4 heteroatoms. The lowest BCUT2D eigenvalue weighted by molar-refractivity contribution is 0.412. The average Bonchev–Trinajstić information content (AvgIpc) is 2.16. The third-order valence-electron chi connectivity index (χ3n) is 1.57. The number of hydrogen-bond acceptors (Lipinski definition) is 2. The number of anilines is 1. The van der Waals surface area contributed by atoms with Crippen molar-refractivity contribution < 1.29 is 13.5 Å². The van der Waals surface area contributed by atoms with Crippen LogP contribution >= 0.6 is 0 Å². The minimum Gasteiger partial charge on any atom is -0.494 e. The maximum Gasteiger partial charge on any atom is 0.144 e. The van der Waals surface area contributed by atoms with E-state index in [4.69, 9.17) is 4.74 Å². The van der Waals surface area contributed by atoms with E-state index in [1.807, 2.05) is 0 Å². The fourth-order valence-electron chi connectivity index (χ4n) is 0.993. The van der Waals surface area contributed by atoms with Gasteiger partial charge in [-0.1, -0.05) is 0 Å². The number of hydrogen-bond donors (Lipinski definition) is 1. The Labute approximate surface area is 75.5 Å². The van der Waals surface area contributed by atoms with Crippen LogP contribution in [0.5, 0.6) is 5.75 Å². The molecule has 0 amide bonds. The van der Waals surface area contributed by atoms with Crippen molar-refractivity contribution in [3.63, 3.8) is 0 Å². The van der Waals surface area contributed by atoms with Gasteiger partial charge in [-0.25, -0.2) is 8.78 Å². The van der Waals surface area contributed by atoms with Crippen LogP contribution in [0.1, 0.15) is 0 Å². The molecule has 0 bridgehead atoms. The van der Waals surface area contributed by atoms with Gasteiger partial charge in [0.2, 0.25) is 0 Å². The Kier molecular flexibility index (Phi) is 3.49. The molecule has 1 rings (SSSR count). The quantitative estimate of drug-likeness (QED) is 0.780. The van der Waals surface area contributed by atoms with Gasteiger partial charge in [-0.05, 0) is 12.1 Å². The molecule has 2 nitrogen and oxygen atoms in total. The van der Waals surface area contributed by atoms with Gasteiger partial charge in [0.15, 0.2) is 0 Å². The second kappa shape index (κ2) is 4.64. The van der Waals surface area contributed by atoms with E-state index in [0.717, 1.165) is 0 Å². The summed E-state index contributed by atoms with van der Waals surface area (Å²) in [6.07, 6.45) is 0. The number of halogens is 2. The van der Waals surface area contributed by atoms with E-state index in [9.17, 15) is 8.78 Å². The monoisotopic (exact) mass is 187 g/mol. The van der Waals surface area contributed by atoms with Gasteiger partial charge in [-0.2, -0.15) is 0 Å². The SMILES string of the molecule is COc1cc(F)ccc1NCCF. The first-order valence-corrected chi connectivity index (χ1v) is 3.91. The molecule has 0 unspecified atom stereocenters. The van der Waals surface area contributed by atoms with Crippen molar-refractivity contribution in [3.8, 4) is 5.75 Å². The lowest BCUT2D eigenvalue weighted by Crippen LogP contribution is -2.04. The summed E-state index contributed by atoms with van der Waals surface area (Å²) in [5.41, 5.74) is 0.599. The molecule has 0 atom stereocenters. The summed E-state index contributed by atoms with van der Waals surface area (Å²) in [5, 5.41) is 2.77. The van der Waals surface area contributed by atoms with Crippen LogP contribution in [0.4, 0.5) is 14.5 Å². The van der Waals surface area contributed by atoms with Gasteiger partial charge >= 0.3 is 0 Å². The molecular formula is C9H11F2NO. The third-order valence-corrected chi connectivity index (χ3v) is 1.57. The van der Waals surface area contributed by atoms with Crippen LogP contribution in [-0.2, 0) is 0 Å². The number of nitrogens with one attached hydrogen (secondary N) is 1. The summed E-state index contributed by atoms with van der Waals surface area (Å²) in [7, 11) is 1.44. The molecule has 0 aliphatic carbocycles. The highest BCUT2D eigenvalue weighted by Crippen LogP contribution is 2.24. The molecule has 0 heterocycles. The van der Waals surface area contributed by atoms with E-state index in [-0.39, 0.29) is 12.4 Å². The van der Waals surface area contributed by atoms with E-state index >= 15 is 0 Å². The molecular weight excluding hydrogens is 176 g/mol. The molecule has 1 aromatic rings. The molecule has 1 N–H and O–H groups in total. The van der Waals surface area contributed by atoms with E-state index < -0.39 is 6.67 Å². The number of methoxy groups -OCH3 is 1. The van der Waals surface area contributed by atoms with Crippen molar-refractivity contribution in [1.82, 2.24) is 0 Å². The number of benzene rings is 1. The Morgan fingerprint density at radius 1 is 1.46 bits per heavy atom. The van der Waals surface area contributed by atoms with Crippen molar-refractivity contribution >= 4 is 5.69 Å². The van der Waals surface area contributed by atoms with Crippen LogP contribution in [-0.4, -0.2) is 20.3 Å². The molecule has 0 aliphatic rings. The molecule has 0 saturated heterocycles. The molecule has 0 fully saturated rings. The Morgan fingerprint density at radius 2 is 2.23 bits per heavy atom. The average molecular weight is 187 g/mol. The van der Waals surface area contributed by atoms with E-state index in [2.05, 4.69) is 5.32 Å². The van der Waals surface area contributed by atoms with Crippen LogP contribution in [0.15, 0.2) is 18.2 Å². The molecule has 0 aliphatic heterocycles. The molecule has 0 radical (unpaired) electrons. The summed E-state index contributed by atoms with van der Waals surface area (Å²) in [4.78, 5) is 0. The molecule has 0 aromatic heterocycles. The van der Waals surface area contributed by atoms with Crippen molar-refractivity contribution in [1.29, 1.82) is 0 Å². The normalized spacial score (nSPS) is 9.77. The van der Waals surface area contributed by atoms with Gasteiger partial charge in [0.1, 0.15) is 18.2 Å². The summed E-state index contributed by atoms with van der Waals surface area (Å²) in [5.74, 6) is 0.0103. The summed E-state index contributed by atoms with van der Waals surface area (Å²) < 4.78 is 29.4. The van der Waals surface area contributed by atoms with Crippen molar-refractivity contribution in [2.45, 2.75) is 0 Å². The highest BCUT2D eigenvalue weighted by atomic mass is 19.1. The highest BCUT2D eigenvalue weighted by Gasteiger charge is 2.02. The van der Waals surface area contributed by atoms with E-state index in [1.165, 1.54) is 25.3 Å². The predicted octanol–water partition coefficient (Wildman–Crippen LogP) is 2.22. The van der Waals surface area contributed by atoms with Gasteiger partial charge in [-0.3, -0.25) is 0 Å². The first-order valence-electron chi connectivity index (χ1n) is 3.91. The van der Waals surface area contributed by atoms with Crippen molar-refractivity contribution in [3.05, 3.63) is 24.0 Å². The van der Waals surface area contributed by atoms with Crippen LogP contribution in [0, 0.1) is 5.82 Å². The number of alkyl halides is 1. The molecule has 13 heavy (non-hydrogen) atoms. The van der Waals surface area contributed by atoms with Crippen LogP contribution in [0.25, 0.3) is 0 Å². The van der Waals surface area contributed by atoms with Crippen molar-refractivity contribution in [2.75, 3.05) is 25.6 Å². The number of rotatable bonds is 4. The van der Waals surface area contributed by atoms with Gasteiger partial charge in [0, 0.05) is 12.6 Å². The Balaban J connectivity index is 2.79. The fourth-order valence-corrected chi connectivity index (χ4v) is 0.993. The lowest BCUT2D eigenvalue weighted by Gasteiger charge is -2.09. The maximum absolute atomic E-state index is 12.7. The minimum absolute atomic E-state index is 0.196. The van der Waals surface area contributed by atoms with E-state index in [1.54, 1.807) is 0 Å². The van der Waals surface area contributed by atoms with Crippen LogP contribution < -0.4 is 10.1 Å². The van der Waals surface area contributed by atoms with Gasteiger partial charge < -0.3 is 10.1 Å². The zero-order valence-electron chi connectivity index (χ0n) is 7.31. The number of ether oxygens (including phenoxy) is 1. The van der Waals surface area contributed by atoms with Gasteiger partial charge in [-0.15, -0.1) is 0 Å². The maximum atomic E-state index is 12.7. The second-order valence-electron chi connectivity index (χ2n) is 2.46. The highest BCUT2D eigenvalue weighted by molar-refractivity contribution is 5.56. The lowest BCUT2D eigenvalue weighted by atomic mass is 10.3. The largest absolute Gasteiger partial charge is 0.494 e. The smallest absolute Gasteiger partial charge is 0.144 e. The van der Waals surface area contributed by atoms with Crippen molar-refractivity contribution in [2.24, 2.45) is 0 Å². The second-order valence-corrected chi connectivity index (χ2v) is 2.46. The molecule has 72 valence electrons. The van der Waals surface area contributed by atoms with Gasteiger partial charge in [0.05, 0.1) is 12.8 Å². The zero-order valence-corrected chi connectivity index (χ0v) is 7.31. The topological polar surface area (TPSA) is 21.3 Å². The van der Waals surface area contributed by atoms with Gasteiger partial charge in [0.25, 0.3) is 0 Å². The molecule has 0 spiro atoms. The first kappa shape index (κ1) is 9.77. The Hall–Kier alpha value is -1.32. The standard InChI is InChI=1S/C9H11F2NO/c1-13-9-6-7(11)2-3-8(9)12-5-4-10/h2-3,6,12H,4-5H2,1H3. The minimum atomic E-state index is -0.472.